The normalized spacial score (nSPS) is 15.4. The Bertz CT molecular complexity index is 257. The maximum atomic E-state index is 9.31. The van der Waals surface area contributed by atoms with E-state index in [1.165, 1.54) is 11.1 Å². The monoisotopic (exact) mass is 178 g/mol. The van der Waals surface area contributed by atoms with Gasteiger partial charge >= 0.3 is 0 Å². The Morgan fingerprint density at radius 3 is 2.15 bits per heavy atom. The number of benzene rings is 1. The van der Waals surface area contributed by atoms with Crippen molar-refractivity contribution in [3.63, 3.8) is 0 Å². The molecule has 1 nitrogen and oxygen atoms in total. The van der Waals surface area contributed by atoms with Crippen LogP contribution in [0.3, 0.4) is 0 Å². The van der Waals surface area contributed by atoms with Gasteiger partial charge in [0, 0.05) is 5.41 Å². The summed E-state index contributed by atoms with van der Waals surface area (Å²) in [6.45, 7) is 6.49. The summed E-state index contributed by atoms with van der Waals surface area (Å²) in [6, 6.07) is 8.40. The van der Waals surface area contributed by atoms with Gasteiger partial charge in [0.05, 0.1) is 6.61 Å². The second kappa shape index (κ2) is 3.93. The van der Waals surface area contributed by atoms with Crippen LogP contribution in [0.4, 0.5) is 0 Å². The largest absolute Gasteiger partial charge is 0.395 e. The molecule has 72 valence electrons. The lowest BCUT2D eigenvalue weighted by molar-refractivity contribution is 0.201. The number of rotatable bonds is 3. The summed E-state index contributed by atoms with van der Waals surface area (Å²) in [5.41, 5.74) is 2.41. The fourth-order valence-electron chi connectivity index (χ4n) is 1.36. The van der Waals surface area contributed by atoms with Gasteiger partial charge in [-0.3, -0.25) is 0 Å². The smallest absolute Gasteiger partial charge is 0.0525 e. The molecule has 0 saturated heterocycles. The van der Waals surface area contributed by atoms with E-state index in [1.807, 2.05) is 0 Å². The van der Waals surface area contributed by atoms with Gasteiger partial charge in [-0.1, -0.05) is 43.7 Å². The van der Waals surface area contributed by atoms with Crippen molar-refractivity contribution in [2.45, 2.75) is 32.6 Å². The van der Waals surface area contributed by atoms with E-state index in [0.717, 1.165) is 6.42 Å². The van der Waals surface area contributed by atoms with E-state index in [4.69, 9.17) is 0 Å². The Morgan fingerprint density at radius 1 is 1.23 bits per heavy atom. The van der Waals surface area contributed by atoms with Gasteiger partial charge in [0.25, 0.3) is 0 Å². The van der Waals surface area contributed by atoms with Gasteiger partial charge < -0.3 is 5.11 Å². The van der Waals surface area contributed by atoms with Gasteiger partial charge in [0.1, 0.15) is 0 Å². The number of hydrogen-bond donors (Lipinski definition) is 1. The first-order valence-corrected chi connectivity index (χ1v) is 4.80. The summed E-state index contributed by atoms with van der Waals surface area (Å²) in [7, 11) is 0. The van der Waals surface area contributed by atoms with Gasteiger partial charge in [-0.05, 0) is 18.9 Å². The van der Waals surface area contributed by atoms with Crippen molar-refractivity contribution in [1.29, 1.82) is 0 Å². The molecule has 0 spiro atoms. The molecule has 0 aromatic heterocycles. The summed E-state index contributed by atoms with van der Waals surface area (Å²) in [5.74, 6) is 0. The third-order valence-corrected chi connectivity index (χ3v) is 2.88. The molecule has 0 aliphatic carbocycles. The standard InChI is InChI=1S/C12H18O/c1-4-12(3,9-13)11-7-5-10(2)6-8-11/h5-8,13H,4,9H2,1-3H3. The molecule has 0 amide bonds. The van der Waals surface area contributed by atoms with Gasteiger partial charge in [0.15, 0.2) is 0 Å². The van der Waals surface area contributed by atoms with Crippen molar-refractivity contribution >= 4 is 0 Å². The van der Waals surface area contributed by atoms with Crippen LogP contribution in [0.2, 0.25) is 0 Å². The van der Waals surface area contributed by atoms with Crippen LogP contribution >= 0.6 is 0 Å². The first-order valence-electron chi connectivity index (χ1n) is 4.80. The molecule has 0 fully saturated rings. The first kappa shape index (κ1) is 10.3. The van der Waals surface area contributed by atoms with Gasteiger partial charge in [-0.2, -0.15) is 0 Å². The highest BCUT2D eigenvalue weighted by Gasteiger charge is 2.22. The van der Waals surface area contributed by atoms with Crippen LogP contribution in [0, 0.1) is 6.92 Å². The average molecular weight is 178 g/mol. The van der Waals surface area contributed by atoms with E-state index in [-0.39, 0.29) is 12.0 Å². The van der Waals surface area contributed by atoms with E-state index in [1.54, 1.807) is 0 Å². The van der Waals surface area contributed by atoms with Crippen molar-refractivity contribution in [2.75, 3.05) is 6.61 Å². The van der Waals surface area contributed by atoms with E-state index in [0.29, 0.717) is 0 Å². The maximum Gasteiger partial charge on any atom is 0.0525 e. The molecule has 0 aliphatic heterocycles. The van der Waals surface area contributed by atoms with Crippen LogP contribution < -0.4 is 0 Å². The molecular weight excluding hydrogens is 160 g/mol. The Morgan fingerprint density at radius 2 is 1.77 bits per heavy atom. The molecule has 0 heterocycles. The molecule has 1 atom stereocenters. The Kier molecular flexibility index (Phi) is 3.10. The molecule has 0 radical (unpaired) electrons. The van der Waals surface area contributed by atoms with Gasteiger partial charge in [-0.25, -0.2) is 0 Å². The van der Waals surface area contributed by atoms with Crippen molar-refractivity contribution in [1.82, 2.24) is 0 Å². The third kappa shape index (κ3) is 2.10. The summed E-state index contributed by atoms with van der Waals surface area (Å²) >= 11 is 0. The molecule has 1 N–H and O–H groups in total. The number of aliphatic hydroxyl groups excluding tert-OH is 1. The molecule has 0 bridgehead atoms. The minimum Gasteiger partial charge on any atom is -0.395 e. The zero-order valence-electron chi connectivity index (χ0n) is 8.67. The molecule has 13 heavy (non-hydrogen) atoms. The third-order valence-electron chi connectivity index (χ3n) is 2.88. The lowest BCUT2D eigenvalue weighted by Gasteiger charge is -2.26. The predicted octanol–water partition coefficient (Wildman–Crippen LogP) is 2.66. The second-order valence-electron chi connectivity index (χ2n) is 3.94. The molecular formula is C12H18O. The minimum atomic E-state index is -0.0757. The minimum absolute atomic E-state index is 0.0757. The summed E-state index contributed by atoms with van der Waals surface area (Å²) in [5, 5.41) is 9.31. The second-order valence-corrected chi connectivity index (χ2v) is 3.94. The Balaban J connectivity index is 2.99. The van der Waals surface area contributed by atoms with Crippen LogP contribution in [-0.4, -0.2) is 11.7 Å². The zero-order valence-corrected chi connectivity index (χ0v) is 8.67. The van der Waals surface area contributed by atoms with Crippen LogP contribution in [0.1, 0.15) is 31.4 Å². The first-order chi connectivity index (χ1) is 6.12. The summed E-state index contributed by atoms with van der Waals surface area (Å²) in [4.78, 5) is 0. The van der Waals surface area contributed by atoms with Crippen molar-refractivity contribution in [3.05, 3.63) is 35.4 Å². The molecule has 1 rings (SSSR count). The van der Waals surface area contributed by atoms with Crippen molar-refractivity contribution < 1.29 is 5.11 Å². The molecule has 0 aliphatic rings. The predicted molar refractivity (Wildman–Crippen MR) is 55.9 cm³/mol. The molecule has 0 saturated carbocycles. The van der Waals surface area contributed by atoms with E-state index in [9.17, 15) is 5.11 Å². The summed E-state index contributed by atoms with van der Waals surface area (Å²) in [6.07, 6.45) is 0.965. The van der Waals surface area contributed by atoms with Gasteiger partial charge in [0.2, 0.25) is 0 Å². The van der Waals surface area contributed by atoms with E-state index in [2.05, 4.69) is 45.0 Å². The molecule has 1 heteroatoms. The summed E-state index contributed by atoms with van der Waals surface area (Å²) < 4.78 is 0. The highest BCUT2D eigenvalue weighted by atomic mass is 16.3. The fraction of sp³-hybridized carbons (Fsp3) is 0.500. The maximum absolute atomic E-state index is 9.31. The zero-order chi connectivity index (χ0) is 9.90. The van der Waals surface area contributed by atoms with E-state index >= 15 is 0 Å². The van der Waals surface area contributed by atoms with Crippen LogP contribution in [0.5, 0.6) is 0 Å². The molecule has 1 unspecified atom stereocenters. The van der Waals surface area contributed by atoms with Crippen LogP contribution in [-0.2, 0) is 5.41 Å². The topological polar surface area (TPSA) is 20.2 Å². The molecule has 1 aromatic carbocycles. The lowest BCUT2D eigenvalue weighted by Crippen LogP contribution is -2.25. The average Bonchev–Trinajstić information content (AvgIpc) is 2.18. The van der Waals surface area contributed by atoms with Crippen molar-refractivity contribution in [2.24, 2.45) is 0 Å². The number of aliphatic hydroxyl groups is 1. The Hall–Kier alpha value is -0.820. The number of aryl methyl sites for hydroxylation is 1. The lowest BCUT2D eigenvalue weighted by atomic mass is 9.81. The highest BCUT2D eigenvalue weighted by molar-refractivity contribution is 5.28. The van der Waals surface area contributed by atoms with Gasteiger partial charge in [-0.15, -0.1) is 0 Å². The van der Waals surface area contributed by atoms with Crippen LogP contribution in [0.15, 0.2) is 24.3 Å². The fourth-order valence-corrected chi connectivity index (χ4v) is 1.36. The highest BCUT2D eigenvalue weighted by Crippen LogP contribution is 2.26. The van der Waals surface area contributed by atoms with E-state index < -0.39 is 0 Å². The number of hydrogen-bond acceptors (Lipinski definition) is 1. The quantitative estimate of drug-likeness (QED) is 0.754. The van der Waals surface area contributed by atoms with Crippen molar-refractivity contribution in [3.8, 4) is 0 Å². The molecule has 1 aromatic rings. The Labute approximate surface area is 80.4 Å². The SMILES string of the molecule is CCC(C)(CO)c1ccc(C)cc1. The van der Waals surface area contributed by atoms with Crippen LogP contribution in [0.25, 0.3) is 0 Å².